The van der Waals surface area contributed by atoms with E-state index in [0.29, 0.717) is 16.7 Å². The number of fused-ring (bicyclic) bond motifs is 3. The molecule has 22 heavy (non-hydrogen) atoms. The summed E-state index contributed by atoms with van der Waals surface area (Å²) >= 11 is 0. The van der Waals surface area contributed by atoms with Gasteiger partial charge in [-0.1, -0.05) is 38.8 Å². The molecule has 2 nitrogen and oxygen atoms in total. The molecule has 1 N–H and O–H groups in total. The average Bonchev–Trinajstić information content (AvgIpc) is 2.45. The van der Waals surface area contributed by atoms with Crippen molar-refractivity contribution in [2.75, 3.05) is 6.61 Å². The van der Waals surface area contributed by atoms with Gasteiger partial charge in [0.2, 0.25) is 0 Å². The summed E-state index contributed by atoms with van der Waals surface area (Å²) in [5.74, 6) is 1.47. The van der Waals surface area contributed by atoms with Crippen LogP contribution < -0.4 is 0 Å². The summed E-state index contributed by atoms with van der Waals surface area (Å²) < 4.78 is 0. The molecule has 2 saturated carbocycles. The molecule has 0 aromatic heterocycles. The molecular weight excluding hydrogens is 272 g/mol. The van der Waals surface area contributed by atoms with Crippen molar-refractivity contribution in [1.29, 1.82) is 0 Å². The summed E-state index contributed by atoms with van der Waals surface area (Å²) in [5.41, 5.74) is 1.97. The molecule has 0 aromatic rings. The summed E-state index contributed by atoms with van der Waals surface area (Å²) in [7, 11) is 0. The molecule has 0 amide bonds. The van der Waals surface area contributed by atoms with E-state index in [4.69, 9.17) is 0 Å². The number of ketones is 1. The number of hydrogen-bond acceptors (Lipinski definition) is 2. The largest absolute Gasteiger partial charge is 0.389 e. The van der Waals surface area contributed by atoms with Crippen molar-refractivity contribution in [3.63, 3.8) is 0 Å². The highest BCUT2D eigenvalue weighted by atomic mass is 16.3. The number of allylic oxidation sites excluding steroid dienone is 2. The first kappa shape index (κ1) is 16.2. The van der Waals surface area contributed by atoms with Gasteiger partial charge in [-0.3, -0.25) is 4.79 Å². The number of aliphatic hydroxyl groups is 1. The van der Waals surface area contributed by atoms with Crippen molar-refractivity contribution in [3.8, 4) is 0 Å². The van der Waals surface area contributed by atoms with E-state index in [0.717, 1.165) is 25.2 Å². The molecule has 0 aliphatic heterocycles. The van der Waals surface area contributed by atoms with Gasteiger partial charge >= 0.3 is 0 Å². The van der Waals surface area contributed by atoms with Crippen LogP contribution in [-0.4, -0.2) is 17.5 Å². The molecule has 2 heteroatoms. The van der Waals surface area contributed by atoms with Crippen LogP contribution in [0.2, 0.25) is 0 Å². The van der Waals surface area contributed by atoms with Crippen LogP contribution in [0, 0.1) is 28.1 Å². The van der Waals surface area contributed by atoms with Crippen LogP contribution in [0.3, 0.4) is 0 Å². The molecule has 0 aromatic carbocycles. The van der Waals surface area contributed by atoms with Crippen LogP contribution in [0.4, 0.5) is 0 Å². The monoisotopic (exact) mass is 304 g/mol. The Hall–Kier alpha value is -0.630. The molecule has 0 spiro atoms. The summed E-state index contributed by atoms with van der Waals surface area (Å²) in [6.45, 7) is 9.15. The molecule has 3 aliphatic carbocycles. The molecule has 0 bridgehead atoms. The lowest BCUT2D eigenvalue weighted by Gasteiger charge is -2.59. The van der Waals surface area contributed by atoms with Crippen LogP contribution >= 0.6 is 0 Å². The number of carbonyl (C=O) groups excluding carboxylic acids is 1. The van der Waals surface area contributed by atoms with Gasteiger partial charge in [0.1, 0.15) is 6.61 Å². The van der Waals surface area contributed by atoms with E-state index < -0.39 is 5.41 Å². The fourth-order valence-corrected chi connectivity index (χ4v) is 6.23. The Bertz CT molecular complexity index is 504. The minimum Gasteiger partial charge on any atom is -0.389 e. The fourth-order valence-electron chi connectivity index (χ4n) is 6.23. The van der Waals surface area contributed by atoms with Crippen molar-refractivity contribution < 1.29 is 9.90 Å². The molecule has 0 heterocycles. The van der Waals surface area contributed by atoms with Crippen LogP contribution in [0.5, 0.6) is 0 Å². The Labute approximate surface area is 135 Å². The molecule has 0 unspecified atom stereocenters. The van der Waals surface area contributed by atoms with E-state index in [-0.39, 0.29) is 12.4 Å². The summed E-state index contributed by atoms with van der Waals surface area (Å²) in [6, 6.07) is 0. The Balaban J connectivity index is 1.94. The molecule has 4 atom stereocenters. The zero-order chi connectivity index (χ0) is 16.2. The topological polar surface area (TPSA) is 37.3 Å². The highest BCUT2D eigenvalue weighted by Gasteiger charge is 2.54. The second-order valence-electron chi connectivity index (χ2n) is 9.25. The van der Waals surface area contributed by atoms with Gasteiger partial charge in [-0.25, -0.2) is 0 Å². The Morgan fingerprint density at radius 1 is 1.18 bits per heavy atom. The first-order valence-electron chi connectivity index (χ1n) is 9.09. The van der Waals surface area contributed by atoms with Gasteiger partial charge in [-0.05, 0) is 68.1 Å². The predicted octanol–water partition coefficient (Wildman–Crippen LogP) is 4.52. The van der Waals surface area contributed by atoms with E-state index in [1.165, 1.54) is 31.3 Å². The Morgan fingerprint density at radius 3 is 2.59 bits per heavy atom. The maximum Gasteiger partial charge on any atom is 0.167 e. The molecular formula is C20H32O2. The zero-order valence-electron chi connectivity index (χ0n) is 14.7. The maximum absolute atomic E-state index is 12.1. The SMILES string of the molecule is CC1(C)CCC[C@@]2(C)[C@@H]3CC[C@](C)(C(=O)CO)C=C3CC[C@H]12. The molecule has 0 saturated heterocycles. The van der Waals surface area contributed by atoms with Crippen LogP contribution in [0.25, 0.3) is 0 Å². The first-order valence-corrected chi connectivity index (χ1v) is 9.09. The normalized spacial score (nSPS) is 43.8. The molecule has 3 aliphatic rings. The van der Waals surface area contributed by atoms with Crippen molar-refractivity contribution in [2.45, 2.75) is 72.6 Å². The first-order chi connectivity index (χ1) is 10.2. The van der Waals surface area contributed by atoms with Gasteiger partial charge in [0, 0.05) is 5.41 Å². The molecule has 0 radical (unpaired) electrons. The third-order valence-corrected chi connectivity index (χ3v) is 7.48. The average molecular weight is 304 g/mol. The number of carbonyl (C=O) groups is 1. The quantitative estimate of drug-likeness (QED) is 0.762. The Kier molecular flexibility index (Phi) is 3.83. The van der Waals surface area contributed by atoms with Crippen molar-refractivity contribution >= 4 is 5.78 Å². The second-order valence-corrected chi connectivity index (χ2v) is 9.25. The lowest BCUT2D eigenvalue weighted by atomic mass is 9.45. The standard InChI is InChI=1S/C20H32O2/c1-18(2)9-5-10-20(4)15-8-11-19(3,17(22)13-21)12-14(15)6-7-16(18)20/h12,15-16,21H,5-11,13H2,1-4H3/t15-,16-,19+,20+/m1/s1. The zero-order valence-corrected chi connectivity index (χ0v) is 14.7. The van der Waals surface area contributed by atoms with Crippen molar-refractivity contribution in [3.05, 3.63) is 11.6 Å². The highest BCUT2D eigenvalue weighted by Crippen LogP contribution is 2.63. The van der Waals surface area contributed by atoms with E-state index in [2.05, 4.69) is 26.8 Å². The van der Waals surface area contributed by atoms with Crippen LogP contribution in [0.1, 0.15) is 72.6 Å². The van der Waals surface area contributed by atoms with E-state index in [1.807, 2.05) is 6.92 Å². The third-order valence-electron chi connectivity index (χ3n) is 7.48. The minimum atomic E-state index is -0.423. The summed E-state index contributed by atoms with van der Waals surface area (Å²) in [4.78, 5) is 12.1. The van der Waals surface area contributed by atoms with Gasteiger partial charge in [-0.2, -0.15) is 0 Å². The van der Waals surface area contributed by atoms with Crippen LogP contribution in [-0.2, 0) is 4.79 Å². The molecule has 124 valence electrons. The van der Waals surface area contributed by atoms with Gasteiger partial charge in [-0.15, -0.1) is 0 Å². The minimum absolute atomic E-state index is 0.00491. The van der Waals surface area contributed by atoms with Crippen molar-refractivity contribution in [1.82, 2.24) is 0 Å². The number of Topliss-reactive ketones (excluding diaryl/α,β-unsaturated/α-hetero) is 1. The van der Waals surface area contributed by atoms with Gasteiger partial charge in [0.25, 0.3) is 0 Å². The lowest BCUT2D eigenvalue weighted by Crippen LogP contribution is -2.51. The molecule has 2 fully saturated rings. The smallest absolute Gasteiger partial charge is 0.167 e. The maximum atomic E-state index is 12.1. The predicted molar refractivity (Wildman–Crippen MR) is 89.5 cm³/mol. The lowest BCUT2D eigenvalue weighted by molar-refractivity contribution is -0.130. The second kappa shape index (κ2) is 5.19. The fraction of sp³-hybridized carbons (Fsp3) is 0.850. The summed E-state index contributed by atoms with van der Waals surface area (Å²) in [5, 5.41) is 9.28. The van der Waals surface area contributed by atoms with E-state index in [9.17, 15) is 9.90 Å². The van der Waals surface area contributed by atoms with Gasteiger partial charge < -0.3 is 5.11 Å². The molecule has 3 rings (SSSR count). The highest BCUT2D eigenvalue weighted by molar-refractivity contribution is 5.87. The third kappa shape index (κ3) is 2.29. The van der Waals surface area contributed by atoms with Crippen LogP contribution in [0.15, 0.2) is 11.6 Å². The summed E-state index contributed by atoms with van der Waals surface area (Å²) in [6.07, 6.45) is 10.8. The van der Waals surface area contributed by atoms with Crippen molar-refractivity contribution in [2.24, 2.45) is 28.1 Å². The van der Waals surface area contributed by atoms with Gasteiger partial charge in [0.15, 0.2) is 5.78 Å². The van der Waals surface area contributed by atoms with E-state index >= 15 is 0 Å². The van der Waals surface area contributed by atoms with Gasteiger partial charge in [0.05, 0.1) is 0 Å². The number of rotatable bonds is 2. The number of hydrogen-bond donors (Lipinski definition) is 1. The Morgan fingerprint density at radius 2 is 1.91 bits per heavy atom. The van der Waals surface area contributed by atoms with E-state index in [1.54, 1.807) is 0 Å². The number of aliphatic hydroxyl groups excluding tert-OH is 1.